The molecular formula is C16H27N3O3. The zero-order valence-corrected chi connectivity index (χ0v) is 13.8. The number of carbonyl (C=O) groups excluding carboxylic acids is 3. The maximum Gasteiger partial charge on any atom is 0.325 e. The van der Waals surface area contributed by atoms with Gasteiger partial charge < -0.3 is 10.6 Å². The van der Waals surface area contributed by atoms with Crippen LogP contribution in [0.1, 0.15) is 59.3 Å². The van der Waals surface area contributed by atoms with E-state index in [1.807, 2.05) is 6.92 Å². The molecule has 1 saturated carbocycles. The summed E-state index contributed by atoms with van der Waals surface area (Å²) in [5, 5.41) is 5.65. The van der Waals surface area contributed by atoms with Crippen molar-refractivity contribution < 1.29 is 14.4 Å². The van der Waals surface area contributed by atoms with Crippen LogP contribution in [0.2, 0.25) is 0 Å². The first kappa shape index (κ1) is 16.8. The van der Waals surface area contributed by atoms with Crippen molar-refractivity contribution in [2.75, 3.05) is 6.54 Å². The number of hydrogen-bond donors (Lipinski definition) is 2. The third-order valence-corrected chi connectivity index (χ3v) is 4.59. The van der Waals surface area contributed by atoms with Gasteiger partial charge in [0.15, 0.2) is 0 Å². The van der Waals surface area contributed by atoms with Gasteiger partial charge in [-0.25, -0.2) is 4.79 Å². The molecule has 0 aromatic heterocycles. The van der Waals surface area contributed by atoms with Crippen molar-refractivity contribution in [2.24, 2.45) is 5.92 Å². The molecule has 22 heavy (non-hydrogen) atoms. The molecule has 124 valence electrons. The predicted molar refractivity (Wildman–Crippen MR) is 83.1 cm³/mol. The predicted octanol–water partition coefficient (Wildman–Crippen LogP) is 1.79. The van der Waals surface area contributed by atoms with E-state index >= 15 is 0 Å². The molecule has 1 spiro atoms. The molecule has 2 aliphatic rings. The Morgan fingerprint density at radius 2 is 1.86 bits per heavy atom. The largest absolute Gasteiger partial charge is 0.352 e. The number of amides is 4. The van der Waals surface area contributed by atoms with Gasteiger partial charge in [-0.1, -0.05) is 26.7 Å². The lowest BCUT2D eigenvalue weighted by atomic mass is 9.98. The lowest BCUT2D eigenvalue weighted by Crippen LogP contribution is -2.46. The van der Waals surface area contributed by atoms with Crippen molar-refractivity contribution >= 4 is 17.8 Å². The molecule has 0 unspecified atom stereocenters. The number of urea groups is 1. The summed E-state index contributed by atoms with van der Waals surface area (Å²) in [5.74, 6) is 0.0855. The van der Waals surface area contributed by atoms with E-state index in [9.17, 15) is 14.4 Å². The smallest absolute Gasteiger partial charge is 0.325 e. The number of imide groups is 1. The molecule has 1 aliphatic carbocycles. The summed E-state index contributed by atoms with van der Waals surface area (Å²) >= 11 is 0. The second-order valence-corrected chi connectivity index (χ2v) is 7.05. The normalized spacial score (nSPS) is 21.5. The van der Waals surface area contributed by atoms with E-state index in [0.717, 1.165) is 30.6 Å². The van der Waals surface area contributed by atoms with E-state index in [4.69, 9.17) is 0 Å². The van der Waals surface area contributed by atoms with Crippen LogP contribution in [0, 0.1) is 5.92 Å². The van der Waals surface area contributed by atoms with E-state index in [-0.39, 0.29) is 24.4 Å². The first-order valence-corrected chi connectivity index (χ1v) is 8.27. The molecule has 6 heteroatoms. The highest BCUT2D eigenvalue weighted by atomic mass is 16.2. The molecule has 1 heterocycles. The maximum absolute atomic E-state index is 12.4. The molecule has 2 fully saturated rings. The summed E-state index contributed by atoms with van der Waals surface area (Å²) in [6.45, 7) is 6.05. The Morgan fingerprint density at radius 1 is 1.23 bits per heavy atom. The van der Waals surface area contributed by atoms with E-state index in [1.165, 1.54) is 0 Å². The fourth-order valence-corrected chi connectivity index (χ4v) is 3.26. The molecule has 1 aliphatic heterocycles. The van der Waals surface area contributed by atoms with Gasteiger partial charge in [-0.05, 0) is 38.5 Å². The number of hydrogen-bond acceptors (Lipinski definition) is 3. The van der Waals surface area contributed by atoms with Crippen LogP contribution >= 0.6 is 0 Å². The van der Waals surface area contributed by atoms with Crippen LogP contribution in [0.15, 0.2) is 0 Å². The van der Waals surface area contributed by atoms with Crippen LogP contribution < -0.4 is 10.6 Å². The zero-order valence-electron chi connectivity index (χ0n) is 13.8. The standard InChI is InChI=1S/C16H27N3O3/c1-11(2)6-7-12(3)17-13(20)10-19-14(21)16(18-15(19)22)8-4-5-9-16/h11-12H,4-10H2,1-3H3,(H,17,20)(H,18,22)/t12-/m0/s1. The van der Waals surface area contributed by atoms with Gasteiger partial charge in [0.2, 0.25) is 5.91 Å². The van der Waals surface area contributed by atoms with Crippen LogP contribution in [-0.4, -0.2) is 40.9 Å². The summed E-state index contributed by atoms with van der Waals surface area (Å²) in [7, 11) is 0. The topological polar surface area (TPSA) is 78.5 Å². The van der Waals surface area contributed by atoms with E-state index in [2.05, 4.69) is 24.5 Å². The van der Waals surface area contributed by atoms with Gasteiger partial charge in [0.1, 0.15) is 12.1 Å². The Balaban J connectivity index is 1.86. The highest BCUT2D eigenvalue weighted by Crippen LogP contribution is 2.34. The SMILES string of the molecule is CC(C)CC[C@H](C)NC(=O)CN1C(=O)NC2(CCCC2)C1=O. The molecule has 2 N–H and O–H groups in total. The Morgan fingerprint density at radius 3 is 2.45 bits per heavy atom. The highest BCUT2D eigenvalue weighted by Gasteiger charge is 2.52. The van der Waals surface area contributed by atoms with Crippen LogP contribution in [0.3, 0.4) is 0 Å². The quantitative estimate of drug-likeness (QED) is 0.734. The van der Waals surface area contributed by atoms with Crippen LogP contribution in [0.25, 0.3) is 0 Å². The molecule has 0 aromatic carbocycles. The lowest BCUT2D eigenvalue weighted by molar-refractivity contribution is -0.135. The fourth-order valence-electron chi connectivity index (χ4n) is 3.26. The lowest BCUT2D eigenvalue weighted by Gasteiger charge is -2.20. The van der Waals surface area contributed by atoms with Gasteiger partial charge in [-0.15, -0.1) is 0 Å². The van der Waals surface area contributed by atoms with Crippen LogP contribution in [0.4, 0.5) is 4.79 Å². The summed E-state index contributed by atoms with van der Waals surface area (Å²) in [6, 6.07) is -0.381. The van der Waals surface area contributed by atoms with Gasteiger partial charge in [-0.2, -0.15) is 0 Å². The third kappa shape index (κ3) is 3.59. The second kappa shape index (κ2) is 6.67. The van der Waals surface area contributed by atoms with E-state index < -0.39 is 11.6 Å². The van der Waals surface area contributed by atoms with Crippen molar-refractivity contribution in [3.8, 4) is 0 Å². The van der Waals surface area contributed by atoms with Gasteiger partial charge in [0.05, 0.1) is 0 Å². The molecule has 1 atom stereocenters. The number of rotatable bonds is 6. The molecule has 4 amide bonds. The summed E-state index contributed by atoms with van der Waals surface area (Å²) in [6.07, 6.45) is 5.18. The molecular weight excluding hydrogens is 282 g/mol. The first-order valence-electron chi connectivity index (χ1n) is 8.27. The first-order chi connectivity index (χ1) is 10.3. The second-order valence-electron chi connectivity index (χ2n) is 7.05. The number of nitrogens with one attached hydrogen (secondary N) is 2. The summed E-state index contributed by atoms with van der Waals surface area (Å²) < 4.78 is 0. The van der Waals surface area contributed by atoms with Gasteiger partial charge in [0, 0.05) is 6.04 Å². The van der Waals surface area contributed by atoms with Gasteiger partial charge in [0.25, 0.3) is 5.91 Å². The van der Waals surface area contributed by atoms with Crippen LogP contribution in [0.5, 0.6) is 0 Å². The highest BCUT2D eigenvalue weighted by molar-refractivity contribution is 6.09. The zero-order chi connectivity index (χ0) is 16.3. The minimum atomic E-state index is -0.735. The molecule has 1 saturated heterocycles. The van der Waals surface area contributed by atoms with Crippen molar-refractivity contribution in [3.63, 3.8) is 0 Å². The Labute approximate surface area is 132 Å². The molecule has 2 rings (SSSR count). The number of carbonyl (C=O) groups is 3. The van der Waals surface area contributed by atoms with Crippen LogP contribution in [-0.2, 0) is 9.59 Å². The van der Waals surface area contributed by atoms with Crippen molar-refractivity contribution in [3.05, 3.63) is 0 Å². The van der Waals surface area contributed by atoms with E-state index in [1.54, 1.807) is 0 Å². The molecule has 0 bridgehead atoms. The summed E-state index contributed by atoms with van der Waals surface area (Å²) in [4.78, 5) is 37.6. The van der Waals surface area contributed by atoms with Crippen molar-refractivity contribution in [2.45, 2.75) is 70.9 Å². The Hall–Kier alpha value is -1.59. The number of nitrogens with zero attached hydrogens (tertiary/aromatic N) is 1. The molecule has 0 aromatic rings. The van der Waals surface area contributed by atoms with Gasteiger partial charge in [-0.3, -0.25) is 14.5 Å². The monoisotopic (exact) mass is 309 g/mol. The Bertz CT molecular complexity index is 456. The van der Waals surface area contributed by atoms with Crippen molar-refractivity contribution in [1.29, 1.82) is 0 Å². The average Bonchev–Trinajstić information content (AvgIpc) is 2.98. The van der Waals surface area contributed by atoms with Crippen molar-refractivity contribution in [1.82, 2.24) is 15.5 Å². The van der Waals surface area contributed by atoms with E-state index in [0.29, 0.717) is 18.8 Å². The molecule has 6 nitrogen and oxygen atoms in total. The minimum Gasteiger partial charge on any atom is -0.352 e. The fraction of sp³-hybridized carbons (Fsp3) is 0.812. The Kier molecular flexibility index (Phi) is 5.08. The molecule has 0 radical (unpaired) electrons. The van der Waals surface area contributed by atoms with Gasteiger partial charge >= 0.3 is 6.03 Å². The average molecular weight is 309 g/mol. The maximum atomic E-state index is 12.4. The minimum absolute atomic E-state index is 0.0520. The third-order valence-electron chi connectivity index (χ3n) is 4.59. The summed E-state index contributed by atoms with van der Waals surface area (Å²) in [5.41, 5.74) is -0.735.